The minimum Gasteiger partial charge on any atom is -0.321 e. The Labute approximate surface area is 248 Å². The lowest BCUT2D eigenvalue weighted by Gasteiger charge is -2.35. The summed E-state index contributed by atoms with van der Waals surface area (Å²) in [5, 5.41) is 0. The Bertz CT molecular complexity index is 933. The Balaban J connectivity index is 1.81. The first-order valence-electron chi connectivity index (χ1n) is 16.8. The molecular weight excluding hydrogens is 514 g/mol. The molecule has 0 aliphatic heterocycles. The van der Waals surface area contributed by atoms with E-state index in [2.05, 4.69) is 13.8 Å². The molecule has 8 atom stereocenters. The standard InChI is InChI=1S/C35H57NO5/c1-6-26-17-21(2)18-30(26)28(15-16-31(38)32(36)27-13-8-7-9-14-27)34(40)24(5)29(20-25-11-10-12-25)35(41)33(39)22(3)19-23(4)37/h21-22,24-30,32H,6-20,36H2,1-5H3/t21?,22?,24?,26-,28+,29?,30+,32+/m1/s1. The van der Waals surface area contributed by atoms with Crippen LogP contribution in [0.15, 0.2) is 0 Å². The number of carbonyl (C=O) groups is 5. The molecule has 0 heterocycles. The molecule has 0 spiro atoms. The van der Waals surface area contributed by atoms with Crippen molar-refractivity contribution in [2.24, 2.45) is 59.0 Å². The maximum Gasteiger partial charge on any atom is 0.202 e. The molecule has 3 rings (SSSR count). The summed E-state index contributed by atoms with van der Waals surface area (Å²) in [5.41, 5.74) is 6.46. The topological polar surface area (TPSA) is 111 Å². The zero-order chi connectivity index (χ0) is 30.3. The average Bonchev–Trinajstić information content (AvgIpc) is 3.31. The molecule has 0 aromatic rings. The highest BCUT2D eigenvalue weighted by Gasteiger charge is 2.45. The second-order valence-electron chi connectivity index (χ2n) is 14.3. The van der Waals surface area contributed by atoms with Gasteiger partial charge in [0.2, 0.25) is 11.6 Å². The van der Waals surface area contributed by atoms with E-state index in [-0.39, 0.29) is 41.5 Å². The molecule has 2 N–H and O–H groups in total. The van der Waals surface area contributed by atoms with Crippen molar-refractivity contribution < 1.29 is 24.0 Å². The quantitative estimate of drug-likeness (QED) is 0.195. The van der Waals surface area contributed by atoms with Crippen LogP contribution in [0.25, 0.3) is 0 Å². The predicted octanol–water partition coefficient (Wildman–Crippen LogP) is 6.70. The van der Waals surface area contributed by atoms with Crippen molar-refractivity contribution in [3.63, 3.8) is 0 Å². The van der Waals surface area contributed by atoms with Gasteiger partial charge in [-0.2, -0.15) is 0 Å². The highest BCUT2D eigenvalue weighted by Crippen LogP contribution is 2.46. The van der Waals surface area contributed by atoms with E-state index in [0.29, 0.717) is 37.0 Å². The molecule has 0 saturated heterocycles. The second kappa shape index (κ2) is 15.7. The Kier molecular flexibility index (Phi) is 12.9. The van der Waals surface area contributed by atoms with E-state index in [0.717, 1.165) is 64.2 Å². The van der Waals surface area contributed by atoms with Crippen LogP contribution in [0.2, 0.25) is 0 Å². The van der Waals surface area contributed by atoms with Crippen LogP contribution >= 0.6 is 0 Å². The molecule has 0 aromatic heterocycles. The van der Waals surface area contributed by atoms with Crippen LogP contribution in [0, 0.1) is 53.3 Å². The van der Waals surface area contributed by atoms with Crippen molar-refractivity contribution in [2.45, 2.75) is 137 Å². The number of hydrogen-bond acceptors (Lipinski definition) is 6. The van der Waals surface area contributed by atoms with Gasteiger partial charge in [0, 0.05) is 36.5 Å². The third-order valence-corrected chi connectivity index (χ3v) is 11.1. The number of nitrogens with two attached hydrogens (primary N) is 1. The van der Waals surface area contributed by atoms with Crippen molar-refractivity contribution in [3.05, 3.63) is 0 Å². The summed E-state index contributed by atoms with van der Waals surface area (Å²) in [5.74, 6) is -1.47. The molecule has 4 unspecified atom stereocenters. The lowest BCUT2D eigenvalue weighted by atomic mass is 9.67. The molecule has 3 saturated carbocycles. The lowest BCUT2D eigenvalue weighted by Crippen LogP contribution is -2.42. The first-order chi connectivity index (χ1) is 19.4. The molecule has 3 aliphatic carbocycles. The fraction of sp³-hybridized carbons (Fsp3) is 0.857. The summed E-state index contributed by atoms with van der Waals surface area (Å²) in [4.78, 5) is 66.2. The van der Waals surface area contributed by atoms with Crippen LogP contribution in [0.5, 0.6) is 0 Å². The SMILES string of the molecule is CC[C@@H]1CC(C)C[C@@H]1[C@H](CCC(=O)[C@@H](N)C1CCCCC1)C(=O)C(C)C(CC1CCC1)C(=O)C(=O)C(C)CC(C)=O. The average molecular weight is 572 g/mol. The van der Waals surface area contributed by atoms with Gasteiger partial charge in [0.15, 0.2) is 0 Å². The Morgan fingerprint density at radius 1 is 0.878 bits per heavy atom. The first kappa shape index (κ1) is 33.8. The fourth-order valence-electron chi connectivity index (χ4n) is 8.31. The first-order valence-corrected chi connectivity index (χ1v) is 16.8. The van der Waals surface area contributed by atoms with Crippen molar-refractivity contribution >= 4 is 28.9 Å². The van der Waals surface area contributed by atoms with Crippen molar-refractivity contribution in [1.29, 1.82) is 0 Å². The monoisotopic (exact) mass is 571 g/mol. The van der Waals surface area contributed by atoms with Crippen LogP contribution in [0.1, 0.15) is 131 Å². The number of Topliss-reactive ketones (excluding diaryl/α,β-unsaturated/α-hetero) is 5. The fourth-order valence-corrected chi connectivity index (χ4v) is 8.31. The van der Waals surface area contributed by atoms with E-state index in [4.69, 9.17) is 5.73 Å². The zero-order valence-electron chi connectivity index (χ0n) is 26.5. The maximum absolute atomic E-state index is 14.4. The van der Waals surface area contributed by atoms with E-state index in [9.17, 15) is 24.0 Å². The van der Waals surface area contributed by atoms with Gasteiger partial charge in [-0.05, 0) is 75.0 Å². The summed E-state index contributed by atoms with van der Waals surface area (Å²) in [6.07, 6.45) is 13.1. The number of ketones is 5. The molecule has 3 fully saturated rings. The van der Waals surface area contributed by atoms with E-state index in [1.54, 1.807) is 6.92 Å². The Morgan fingerprint density at radius 3 is 2.10 bits per heavy atom. The van der Waals surface area contributed by atoms with Crippen molar-refractivity contribution in [1.82, 2.24) is 0 Å². The normalized spacial score (nSPS) is 27.3. The van der Waals surface area contributed by atoms with Gasteiger partial charge in [-0.1, -0.05) is 72.6 Å². The van der Waals surface area contributed by atoms with E-state index < -0.39 is 35.4 Å². The van der Waals surface area contributed by atoms with Gasteiger partial charge in [-0.25, -0.2) is 0 Å². The van der Waals surface area contributed by atoms with Gasteiger partial charge in [-0.3, -0.25) is 19.2 Å². The van der Waals surface area contributed by atoms with Crippen LogP contribution in [-0.2, 0) is 24.0 Å². The molecule has 0 bridgehead atoms. The molecule has 41 heavy (non-hydrogen) atoms. The number of hydrogen-bond donors (Lipinski definition) is 1. The van der Waals surface area contributed by atoms with E-state index >= 15 is 0 Å². The largest absolute Gasteiger partial charge is 0.321 e. The molecule has 3 aliphatic rings. The summed E-state index contributed by atoms with van der Waals surface area (Å²) in [6.45, 7) is 9.35. The molecule has 6 heteroatoms. The minimum absolute atomic E-state index is 0.0475. The zero-order valence-corrected chi connectivity index (χ0v) is 26.5. The molecule has 232 valence electrons. The third kappa shape index (κ3) is 8.91. The second-order valence-corrected chi connectivity index (χ2v) is 14.3. The van der Waals surface area contributed by atoms with Crippen LogP contribution in [-0.4, -0.2) is 35.0 Å². The number of rotatable bonds is 17. The van der Waals surface area contributed by atoms with Crippen LogP contribution < -0.4 is 5.73 Å². The highest BCUT2D eigenvalue weighted by molar-refractivity contribution is 6.39. The summed E-state index contributed by atoms with van der Waals surface area (Å²) in [7, 11) is 0. The molecular formula is C35H57NO5. The number of carbonyl (C=O) groups excluding carboxylic acids is 5. The van der Waals surface area contributed by atoms with Gasteiger partial charge >= 0.3 is 0 Å². The molecule has 0 aromatic carbocycles. The Hall–Kier alpha value is -1.69. The van der Waals surface area contributed by atoms with Gasteiger partial charge in [-0.15, -0.1) is 0 Å². The van der Waals surface area contributed by atoms with Gasteiger partial charge in [0.25, 0.3) is 0 Å². The van der Waals surface area contributed by atoms with Gasteiger partial charge < -0.3 is 10.5 Å². The lowest BCUT2D eigenvalue weighted by molar-refractivity contribution is -0.145. The van der Waals surface area contributed by atoms with Crippen molar-refractivity contribution in [2.75, 3.05) is 0 Å². The predicted molar refractivity (Wildman–Crippen MR) is 162 cm³/mol. The Morgan fingerprint density at radius 2 is 1.54 bits per heavy atom. The summed E-state index contributed by atoms with van der Waals surface area (Å²) < 4.78 is 0. The van der Waals surface area contributed by atoms with Crippen LogP contribution in [0.3, 0.4) is 0 Å². The maximum atomic E-state index is 14.4. The summed E-state index contributed by atoms with van der Waals surface area (Å²) in [6, 6.07) is -0.457. The van der Waals surface area contributed by atoms with E-state index in [1.807, 2.05) is 6.92 Å². The van der Waals surface area contributed by atoms with Crippen LogP contribution in [0.4, 0.5) is 0 Å². The minimum atomic E-state index is -0.666. The molecule has 0 radical (unpaired) electrons. The molecule has 6 nitrogen and oxygen atoms in total. The molecule has 0 amide bonds. The summed E-state index contributed by atoms with van der Waals surface area (Å²) >= 11 is 0. The van der Waals surface area contributed by atoms with Gasteiger partial charge in [0.05, 0.1) is 6.04 Å². The van der Waals surface area contributed by atoms with Gasteiger partial charge in [0.1, 0.15) is 17.3 Å². The highest BCUT2D eigenvalue weighted by atomic mass is 16.2. The van der Waals surface area contributed by atoms with E-state index in [1.165, 1.54) is 13.3 Å². The smallest absolute Gasteiger partial charge is 0.202 e. The van der Waals surface area contributed by atoms with Crippen molar-refractivity contribution in [3.8, 4) is 0 Å². The third-order valence-electron chi connectivity index (χ3n) is 11.1.